The van der Waals surface area contributed by atoms with Crippen molar-refractivity contribution in [3.63, 3.8) is 0 Å². The van der Waals surface area contributed by atoms with Crippen molar-refractivity contribution in [2.24, 2.45) is 5.73 Å². The van der Waals surface area contributed by atoms with Crippen LogP contribution in [0.15, 0.2) is 0 Å². The van der Waals surface area contributed by atoms with E-state index in [9.17, 15) is 4.79 Å². The highest BCUT2D eigenvalue weighted by Gasteiger charge is 2.28. The number of carbonyl (C=O) groups excluding carboxylic acids is 1. The molecule has 0 aromatic heterocycles. The van der Waals surface area contributed by atoms with Gasteiger partial charge in [0.25, 0.3) is 0 Å². The van der Waals surface area contributed by atoms with Gasteiger partial charge in [-0.05, 0) is 25.5 Å². The second-order valence-electron chi connectivity index (χ2n) is 4.97. The fourth-order valence-electron chi connectivity index (χ4n) is 1.15. The number of rotatable bonds is 5. The summed E-state index contributed by atoms with van der Waals surface area (Å²) < 4.78 is 4.92. The van der Waals surface area contributed by atoms with E-state index < -0.39 is 5.54 Å². The molecule has 2 N–H and O–H groups in total. The Morgan fingerprint density at radius 1 is 1.33 bits per heavy atom. The molecular weight excluding hydrogens is 210 g/mol. The largest absolute Gasteiger partial charge is 0.468 e. The van der Waals surface area contributed by atoms with Crippen LogP contribution in [0, 0.1) is 0 Å². The molecule has 0 heterocycles. The molecule has 15 heavy (non-hydrogen) atoms. The van der Waals surface area contributed by atoms with Crippen molar-refractivity contribution < 1.29 is 9.53 Å². The predicted molar refractivity (Wildman–Crippen MR) is 66.1 cm³/mol. The van der Waals surface area contributed by atoms with Crippen LogP contribution in [0.4, 0.5) is 0 Å². The van der Waals surface area contributed by atoms with Crippen LogP contribution < -0.4 is 5.73 Å². The summed E-state index contributed by atoms with van der Waals surface area (Å²) in [6, 6.07) is 0. The number of carbonyl (C=O) groups is 1. The third kappa shape index (κ3) is 6.79. The van der Waals surface area contributed by atoms with Crippen LogP contribution in [0.3, 0.4) is 0 Å². The first-order valence-corrected chi connectivity index (χ1v) is 6.19. The average molecular weight is 233 g/mol. The van der Waals surface area contributed by atoms with Crippen molar-refractivity contribution in [3.05, 3.63) is 0 Å². The van der Waals surface area contributed by atoms with Gasteiger partial charge in [0.2, 0.25) is 0 Å². The van der Waals surface area contributed by atoms with Gasteiger partial charge in [0, 0.05) is 4.75 Å². The molecule has 4 heteroatoms. The number of ether oxygens (including phenoxy) is 1. The van der Waals surface area contributed by atoms with Gasteiger partial charge >= 0.3 is 5.97 Å². The Bertz CT molecular complexity index is 209. The van der Waals surface area contributed by atoms with E-state index in [4.69, 9.17) is 5.73 Å². The highest BCUT2D eigenvalue weighted by molar-refractivity contribution is 8.00. The average Bonchev–Trinajstić information content (AvgIpc) is 2.09. The highest BCUT2D eigenvalue weighted by atomic mass is 32.2. The summed E-state index contributed by atoms with van der Waals surface area (Å²) in [6.45, 7) is 8.26. The van der Waals surface area contributed by atoms with Gasteiger partial charge in [-0.25, -0.2) is 0 Å². The molecule has 0 saturated heterocycles. The van der Waals surface area contributed by atoms with Crippen LogP contribution in [0.25, 0.3) is 0 Å². The summed E-state index contributed by atoms with van der Waals surface area (Å²) in [4.78, 5) is 11.3. The molecule has 0 radical (unpaired) electrons. The van der Waals surface area contributed by atoms with E-state index in [1.54, 1.807) is 6.92 Å². The Labute approximate surface area is 97.1 Å². The monoisotopic (exact) mass is 233 g/mol. The summed E-state index contributed by atoms with van der Waals surface area (Å²) >= 11 is 1.89. The first kappa shape index (κ1) is 14.8. The van der Waals surface area contributed by atoms with Gasteiger partial charge < -0.3 is 10.5 Å². The van der Waals surface area contributed by atoms with Crippen molar-refractivity contribution in [2.45, 2.75) is 50.8 Å². The first-order chi connectivity index (χ1) is 6.69. The lowest BCUT2D eigenvalue weighted by molar-refractivity contribution is -0.146. The van der Waals surface area contributed by atoms with Crippen molar-refractivity contribution in [2.75, 3.05) is 12.9 Å². The number of hydrogen-bond donors (Lipinski definition) is 1. The third-order valence-electron chi connectivity index (χ3n) is 2.03. The lowest BCUT2D eigenvalue weighted by Crippen LogP contribution is -2.45. The first-order valence-electron chi connectivity index (χ1n) is 5.20. The summed E-state index contributed by atoms with van der Waals surface area (Å²) in [7, 11) is 1.37. The quantitative estimate of drug-likeness (QED) is 0.584. The zero-order valence-electron chi connectivity index (χ0n) is 10.4. The maximum absolute atomic E-state index is 11.3. The van der Waals surface area contributed by atoms with E-state index in [0.717, 1.165) is 12.2 Å². The van der Waals surface area contributed by atoms with Gasteiger partial charge in [0.1, 0.15) is 5.54 Å². The molecule has 0 aromatic rings. The van der Waals surface area contributed by atoms with Crippen LogP contribution >= 0.6 is 11.8 Å². The predicted octanol–water partition coefficient (Wildman–Crippen LogP) is 2.19. The van der Waals surface area contributed by atoms with Crippen molar-refractivity contribution in [1.82, 2.24) is 0 Å². The van der Waals surface area contributed by atoms with E-state index in [0.29, 0.717) is 6.42 Å². The Balaban J connectivity index is 3.81. The van der Waals surface area contributed by atoms with Gasteiger partial charge in [-0.2, -0.15) is 11.8 Å². The second kappa shape index (κ2) is 5.75. The fraction of sp³-hybridized carbons (Fsp3) is 0.909. The van der Waals surface area contributed by atoms with E-state index in [1.807, 2.05) is 11.8 Å². The van der Waals surface area contributed by atoms with Gasteiger partial charge in [0.15, 0.2) is 0 Å². The van der Waals surface area contributed by atoms with Gasteiger partial charge in [0.05, 0.1) is 7.11 Å². The number of nitrogens with two attached hydrogens (primary N) is 1. The molecule has 3 nitrogen and oxygen atoms in total. The molecule has 0 aromatic carbocycles. The fourth-order valence-corrected chi connectivity index (χ4v) is 2.05. The maximum Gasteiger partial charge on any atom is 0.325 e. The number of hydrogen-bond acceptors (Lipinski definition) is 4. The molecular formula is C11H23NO2S. The summed E-state index contributed by atoms with van der Waals surface area (Å²) in [6.07, 6.45) is 1.60. The second-order valence-corrected chi connectivity index (χ2v) is 6.90. The molecule has 0 rings (SSSR count). The minimum Gasteiger partial charge on any atom is -0.468 e. The lowest BCUT2D eigenvalue weighted by atomic mass is 9.98. The normalized spacial score (nSPS) is 15.9. The minimum atomic E-state index is -0.840. The molecule has 0 amide bonds. The minimum absolute atomic E-state index is 0.274. The van der Waals surface area contributed by atoms with Crippen LogP contribution in [0.5, 0.6) is 0 Å². The summed E-state index contributed by atoms with van der Waals surface area (Å²) in [5.41, 5.74) is 5.00. The maximum atomic E-state index is 11.3. The number of esters is 1. The Morgan fingerprint density at radius 2 is 1.87 bits per heavy atom. The van der Waals surface area contributed by atoms with Crippen molar-refractivity contribution >= 4 is 17.7 Å². The molecule has 1 unspecified atom stereocenters. The molecule has 0 bridgehead atoms. The summed E-state index contributed by atoms with van der Waals surface area (Å²) in [5.74, 6) is 0.691. The standard InChI is InChI=1S/C11H23NO2S/c1-10(2,3)15-8-6-7-11(4,12)9(13)14-5/h6-8,12H2,1-5H3. The molecule has 0 aliphatic heterocycles. The SMILES string of the molecule is COC(=O)C(C)(N)CCCSC(C)(C)C. The lowest BCUT2D eigenvalue weighted by Gasteiger charge is -2.22. The van der Waals surface area contributed by atoms with E-state index in [1.165, 1.54) is 7.11 Å². The molecule has 0 aliphatic rings. The molecule has 0 fully saturated rings. The molecule has 0 aliphatic carbocycles. The molecule has 0 saturated carbocycles. The van der Waals surface area contributed by atoms with Crippen LogP contribution in [-0.2, 0) is 9.53 Å². The molecule has 90 valence electrons. The number of methoxy groups -OCH3 is 1. The topological polar surface area (TPSA) is 52.3 Å². The van der Waals surface area contributed by atoms with Crippen LogP contribution in [-0.4, -0.2) is 29.1 Å². The smallest absolute Gasteiger partial charge is 0.325 e. The van der Waals surface area contributed by atoms with Crippen LogP contribution in [0.2, 0.25) is 0 Å². The summed E-state index contributed by atoms with van der Waals surface area (Å²) in [5, 5.41) is 0. The molecule has 1 atom stereocenters. The van der Waals surface area contributed by atoms with E-state index in [2.05, 4.69) is 25.5 Å². The molecule has 0 spiro atoms. The highest BCUT2D eigenvalue weighted by Crippen LogP contribution is 2.25. The third-order valence-corrected chi connectivity index (χ3v) is 3.39. The zero-order valence-corrected chi connectivity index (χ0v) is 11.2. The Morgan fingerprint density at radius 3 is 2.27 bits per heavy atom. The van der Waals surface area contributed by atoms with Crippen molar-refractivity contribution in [3.8, 4) is 0 Å². The zero-order chi connectivity index (χ0) is 12.1. The van der Waals surface area contributed by atoms with Gasteiger partial charge in [-0.15, -0.1) is 0 Å². The van der Waals surface area contributed by atoms with E-state index >= 15 is 0 Å². The van der Waals surface area contributed by atoms with Crippen LogP contribution in [0.1, 0.15) is 40.5 Å². The van der Waals surface area contributed by atoms with E-state index in [-0.39, 0.29) is 10.7 Å². The Hall–Kier alpha value is -0.220. The van der Waals surface area contributed by atoms with Gasteiger partial charge in [-0.3, -0.25) is 4.79 Å². The number of thioether (sulfide) groups is 1. The van der Waals surface area contributed by atoms with Gasteiger partial charge in [-0.1, -0.05) is 20.8 Å². The Kier molecular flexibility index (Phi) is 5.67. The van der Waals surface area contributed by atoms with Crippen molar-refractivity contribution in [1.29, 1.82) is 0 Å².